The van der Waals surface area contributed by atoms with Crippen molar-refractivity contribution in [2.45, 2.75) is 32.9 Å². The Kier molecular flexibility index (Phi) is 7.49. The van der Waals surface area contributed by atoms with Crippen molar-refractivity contribution >= 4 is 17.4 Å². The van der Waals surface area contributed by atoms with E-state index < -0.39 is 11.7 Å². The summed E-state index contributed by atoms with van der Waals surface area (Å²) in [7, 11) is 0. The van der Waals surface area contributed by atoms with Crippen molar-refractivity contribution in [1.29, 1.82) is 0 Å². The Hall–Kier alpha value is -2.88. The molecule has 7 nitrogen and oxygen atoms in total. The molecule has 0 unspecified atom stereocenters. The lowest BCUT2D eigenvalue weighted by atomic mass is 10.1. The highest BCUT2D eigenvalue weighted by molar-refractivity contribution is 5.78. The SMILES string of the molecule is Cc1cc(N2CCN(CC(=O)N3CCN(c4cccc(C(F)(F)F)c4)CC3)CC2)nc(C(C)C)n1. The van der Waals surface area contributed by atoms with Gasteiger partial charge >= 0.3 is 6.18 Å². The van der Waals surface area contributed by atoms with Gasteiger partial charge in [0.1, 0.15) is 11.6 Å². The predicted octanol–water partition coefficient (Wildman–Crippen LogP) is 3.40. The Morgan fingerprint density at radius 2 is 1.60 bits per heavy atom. The number of aryl methyl sites for hydroxylation is 1. The first kappa shape index (κ1) is 25.2. The smallest absolute Gasteiger partial charge is 0.368 e. The highest BCUT2D eigenvalue weighted by atomic mass is 19.4. The second kappa shape index (κ2) is 10.4. The number of carbonyl (C=O) groups excluding carboxylic acids is 1. The van der Waals surface area contributed by atoms with Gasteiger partial charge in [0.05, 0.1) is 12.1 Å². The number of carbonyl (C=O) groups is 1. The molecular formula is C25H33F3N6O. The second-order valence-corrected chi connectivity index (χ2v) is 9.56. The maximum Gasteiger partial charge on any atom is 0.416 e. The number of hydrogen-bond acceptors (Lipinski definition) is 6. The van der Waals surface area contributed by atoms with Gasteiger partial charge in [-0.2, -0.15) is 13.2 Å². The summed E-state index contributed by atoms with van der Waals surface area (Å²) < 4.78 is 39.1. The minimum Gasteiger partial charge on any atom is -0.368 e. The number of nitrogens with zero attached hydrogens (tertiary/aromatic N) is 6. The largest absolute Gasteiger partial charge is 0.416 e. The molecule has 2 aromatic rings. The summed E-state index contributed by atoms with van der Waals surface area (Å²) in [5.41, 5.74) is 0.856. The lowest BCUT2D eigenvalue weighted by Crippen LogP contribution is -2.54. The monoisotopic (exact) mass is 490 g/mol. The van der Waals surface area contributed by atoms with Gasteiger partial charge in [0, 0.05) is 75.7 Å². The minimum atomic E-state index is -4.36. The van der Waals surface area contributed by atoms with Crippen LogP contribution in [0.15, 0.2) is 30.3 Å². The van der Waals surface area contributed by atoms with Crippen molar-refractivity contribution in [2.75, 3.05) is 68.7 Å². The van der Waals surface area contributed by atoms with Gasteiger partial charge in [-0.15, -0.1) is 0 Å². The predicted molar refractivity (Wildman–Crippen MR) is 130 cm³/mol. The molecule has 2 aliphatic rings. The third-order valence-electron chi connectivity index (χ3n) is 6.60. The van der Waals surface area contributed by atoms with E-state index in [4.69, 9.17) is 4.98 Å². The average molecular weight is 491 g/mol. The number of rotatable bonds is 5. The van der Waals surface area contributed by atoms with Crippen LogP contribution in [0.2, 0.25) is 0 Å². The van der Waals surface area contributed by atoms with Crippen molar-refractivity contribution in [1.82, 2.24) is 19.8 Å². The summed E-state index contributed by atoms with van der Waals surface area (Å²) in [6.45, 7) is 11.7. The zero-order valence-corrected chi connectivity index (χ0v) is 20.6. The third kappa shape index (κ3) is 6.22. The number of hydrogen-bond donors (Lipinski definition) is 0. The molecule has 10 heteroatoms. The van der Waals surface area contributed by atoms with Crippen molar-refractivity contribution < 1.29 is 18.0 Å². The number of amides is 1. The molecular weight excluding hydrogens is 457 g/mol. The van der Waals surface area contributed by atoms with Gasteiger partial charge in [-0.05, 0) is 25.1 Å². The van der Waals surface area contributed by atoms with E-state index in [-0.39, 0.29) is 11.8 Å². The highest BCUT2D eigenvalue weighted by Crippen LogP contribution is 2.32. The van der Waals surface area contributed by atoms with E-state index >= 15 is 0 Å². The second-order valence-electron chi connectivity index (χ2n) is 9.56. The van der Waals surface area contributed by atoms with Crippen LogP contribution >= 0.6 is 0 Å². The summed E-state index contributed by atoms with van der Waals surface area (Å²) in [4.78, 5) is 30.3. The molecule has 0 spiro atoms. The molecule has 2 saturated heterocycles. The fourth-order valence-corrected chi connectivity index (χ4v) is 4.51. The van der Waals surface area contributed by atoms with Crippen LogP contribution in [0, 0.1) is 6.92 Å². The van der Waals surface area contributed by atoms with Crippen LogP contribution in [-0.4, -0.2) is 84.6 Å². The Balaban J connectivity index is 1.26. The first-order valence-electron chi connectivity index (χ1n) is 12.1. The van der Waals surface area contributed by atoms with E-state index in [1.54, 1.807) is 6.07 Å². The molecule has 2 fully saturated rings. The fourth-order valence-electron chi connectivity index (χ4n) is 4.51. The first-order chi connectivity index (χ1) is 16.6. The topological polar surface area (TPSA) is 55.8 Å². The molecule has 1 amide bonds. The quantitative estimate of drug-likeness (QED) is 0.641. The number of alkyl halides is 3. The Morgan fingerprint density at radius 1 is 0.943 bits per heavy atom. The van der Waals surface area contributed by atoms with E-state index in [9.17, 15) is 18.0 Å². The Bertz CT molecular complexity index is 1030. The number of halogens is 3. The van der Waals surface area contributed by atoms with Crippen LogP contribution < -0.4 is 9.80 Å². The molecule has 0 radical (unpaired) electrons. The Labute approximate surface area is 204 Å². The van der Waals surface area contributed by atoms with E-state index in [2.05, 4.69) is 28.6 Å². The number of piperazine rings is 2. The molecule has 190 valence electrons. The van der Waals surface area contributed by atoms with Crippen LogP contribution in [-0.2, 0) is 11.0 Å². The molecule has 35 heavy (non-hydrogen) atoms. The van der Waals surface area contributed by atoms with Gasteiger partial charge < -0.3 is 14.7 Å². The van der Waals surface area contributed by atoms with Gasteiger partial charge in [0.25, 0.3) is 0 Å². The van der Waals surface area contributed by atoms with Crippen molar-refractivity contribution in [3.8, 4) is 0 Å². The van der Waals surface area contributed by atoms with E-state index in [1.165, 1.54) is 12.1 Å². The lowest BCUT2D eigenvalue weighted by Gasteiger charge is -2.39. The van der Waals surface area contributed by atoms with Gasteiger partial charge in [-0.3, -0.25) is 9.69 Å². The zero-order valence-electron chi connectivity index (χ0n) is 20.6. The lowest BCUT2D eigenvalue weighted by molar-refractivity contribution is -0.137. The minimum absolute atomic E-state index is 0.0714. The molecule has 0 atom stereocenters. The molecule has 3 heterocycles. The van der Waals surface area contributed by atoms with Crippen LogP contribution in [0.1, 0.15) is 36.8 Å². The van der Waals surface area contributed by atoms with Gasteiger partial charge in [-0.25, -0.2) is 9.97 Å². The highest BCUT2D eigenvalue weighted by Gasteiger charge is 2.31. The van der Waals surface area contributed by atoms with Crippen LogP contribution in [0.5, 0.6) is 0 Å². The van der Waals surface area contributed by atoms with E-state index in [1.807, 2.05) is 22.8 Å². The van der Waals surface area contributed by atoms with Crippen LogP contribution in [0.4, 0.5) is 24.7 Å². The first-order valence-corrected chi connectivity index (χ1v) is 12.1. The fraction of sp³-hybridized carbons (Fsp3) is 0.560. The summed E-state index contributed by atoms with van der Waals surface area (Å²) in [6, 6.07) is 7.40. The molecule has 0 saturated carbocycles. The number of benzene rings is 1. The summed E-state index contributed by atoms with van der Waals surface area (Å²) >= 11 is 0. The molecule has 2 aliphatic heterocycles. The van der Waals surface area contributed by atoms with E-state index in [0.717, 1.165) is 49.6 Å². The molecule has 1 aromatic carbocycles. The van der Waals surface area contributed by atoms with Crippen molar-refractivity contribution in [3.63, 3.8) is 0 Å². The van der Waals surface area contributed by atoms with Crippen molar-refractivity contribution in [3.05, 3.63) is 47.4 Å². The summed E-state index contributed by atoms with van der Waals surface area (Å²) in [5, 5.41) is 0. The van der Waals surface area contributed by atoms with Crippen molar-refractivity contribution in [2.24, 2.45) is 0 Å². The zero-order chi connectivity index (χ0) is 25.2. The molecule has 0 N–H and O–H groups in total. The average Bonchev–Trinajstić information content (AvgIpc) is 2.84. The van der Waals surface area contributed by atoms with Crippen LogP contribution in [0.25, 0.3) is 0 Å². The number of anilines is 2. The summed E-state index contributed by atoms with van der Waals surface area (Å²) in [5.74, 6) is 2.13. The maximum absolute atomic E-state index is 13.0. The standard InChI is InChI=1S/C25H33F3N6O/c1-18(2)24-29-19(3)15-22(30-24)33-9-7-31(8-10-33)17-23(35)34-13-11-32(12-14-34)21-6-4-5-20(16-21)25(26,27)28/h4-6,15-16,18H,7-14,17H2,1-3H3. The molecule has 1 aromatic heterocycles. The maximum atomic E-state index is 13.0. The van der Waals surface area contributed by atoms with Gasteiger partial charge in [0.2, 0.25) is 5.91 Å². The molecule has 0 aliphatic carbocycles. The van der Waals surface area contributed by atoms with Gasteiger partial charge in [-0.1, -0.05) is 19.9 Å². The van der Waals surface area contributed by atoms with Gasteiger partial charge in [0.15, 0.2) is 0 Å². The summed E-state index contributed by atoms with van der Waals surface area (Å²) in [6.07, 6.45) is -4.36. The third-order valence-corrected chi connectivity index (χ3v) is 6.60. The van der Waals surface area contributed by atoms with E-state index in [0.29, 0.717) is 38.4 Å². The molecule has 4 rings (SSSR count). The molecule has 0 bridgehead atoms. The normalized spacial score (nSPS) is 17.9. The van der Waals surface area contributed by atoms with Crippen LogP contribution in [0.3, 0.4) is 0 Å². The number of aromatic nitrogens is 2. The Morgan fingerprint density at radius 3 is 2.23 bits per heavy atom.